The highest BCUT2D eigenvalue weighted by molar-refractivity contribution is 7.98. The average molecular weight is 776 g/mol. The normalized spacial score (nSPS) is 26.5. The topological polar surface area (TPSA) is 146 Å². The van der Waals surface area contributed by atoms with Crippen LogP contribution in [0.1, 0.15) is 96.1 Å². The molecule has 3 aliphatic heterocycles. The number of nitriles is 1. The fourth-order valence-electron chi connectivity index (χ4n) is 8.65. The summed E-state index contributed by atoms with van der Waals surface area (Å²) in [6.45, 7) is 11.1. The molecule has 3 saturated heterocycles. The average Bonchev–Trinajstić information content (AvgIpc) is 3.29. The van der Waals surface area contributed by atoms with Gasteiger partial charge in [0.25, 0.3) is 5.91 Å². The van der Waals surface area contributed by atoms with Gasteiger partial charge in [-0.1, -0.05) is 23.7 Å². The van der Waals surface area contributed by atoms with Gasteiger partial charge in [-0.2, -0.15) is 9.57 Å². The Labute approximate surface area is 327 Å². The predicted octanol–water partition coefficient (Wildman–Crippen LogP) is 6.15. The second-order valence-electron chi connectivity index (χ2n) is 15.8. The number of benzene rings is 2. The van der Waals surface area contributed by atoms with Gasteiger partial charge in [0.15, 0.2) is 0 Å². The summed E-state index contributed by atoms with van der Waals surface area (Å²) in [5, 5.41) is 14.9. The van der Waals surface area contributed by atoms with Crippen molar-refractivity contribution < 1.29 is 24.0 Å². The third kappa shape index (κ3) is 8.78. The molecule has 4 fully saturated rings. The molecule has 2 aromatic rings. The van der Waals surface area contributed by atoms with Crippen molar-refractivity contribution >= 4 is 58.9 Å². The lowest BCUT2D eigenvalue weighted by molar-refractivity contribution is -0.134. The number of rotatable bonds is 11. The molecule has 6 rings (SSSR count). The summed E-state index contributed by atoms with van der Waals surface area (Å²) in [7, 11) is 0. The zero-order valence-electron chi connectivity index (χ0n) is 31.5. The smallest absolute Gasteiger partial charge is 0.325 e. The van der Waals surface area contributed by atoms with Gasteiger partial charge in [-0.15, -0.1) is 0 Å². The Morgan fingerprint density at radius 2 is 1.69 bits per heavy atom. The largest absolute Gasteiger partial charge is 0.338 e. The minimum atomic E-state index is -0.945. The molecular formula is C40H50ClN7O5S. The van der Waals surface area contributed by atoms with Crippen LogP contribution in [0.5, 0.6) is 0 Å². The molecule has 1 saturated carbocycles. The maximum Gasteiger partial charge on any atom is 0.338 e. The first kappa shape index (κ1) is 39.7. The standard InChI is InChI=1S/C40H50ClN7O5S/c1-25-22-45(23-26(2)46(25)24-36(50)43-30-12-9-28(10-13-30)33-17-18-35(49)44-37(33)51)19-5-6-27-7-14-31(15-8-27)47-39(53)48(38(52)40(47,3)4)54-32-16-11-29(21-42)34(41)20-32/h9-13,16,20,25-27,31,33H,5-8,14-15,17-19,22-24H2,1-4H3,(H,43,50)(H,44,49,51)/t25-,26+,27?,31?,33?. The van der Waals surface area contributed by atoms with Crippen LogP contribution in [0.15, 0.2) is 47.4 Å². The molecule has 4 aliphatic rings. The molecule has 0 radical (unpaired) electrons. The van der Waals surface area contributed by atoms with Gasteiger partial charge in [0, 0.05) is 48.2 Å². The molecule has 288 valence electrons. The number of carbonyl (C=O) groups excluding carboxylic acids is 5. The van der Waals surface area contributed by atoms with Crippen LogP contribution in [-0.2, 0) is 19.2 Å². The lowest BCUT2D eigenvalue weighted by Crippen LogP contribution is -2.58. The number of nitrogens with zero attached hydrogens (tertiary/aromatic N) is 5. The van der Waals surface area contributed by atoms with E-state index in [2.05, 4.69) is 34.3 Å². The Balaban J connectivity index is 0.916. The number of halogens is 1. The summed E-state index contributed by atoms with van der Waals surface area (Å²) in [5.41, 5.74) is 0.914. The maximum atomic E-state index is 13.6. The van der Waals surface area contributed by atoms with E-state index in [-0.39, 0.29) is 58.7 Å². The highest BCUT2D eigenvalue weighted by Gasteiger charge is 2.54. The lowest BCUT2D eigenvalue weighted by atomic mass is 9.81. The fourth-order valence-corrected chi connectivity index (χ4v) is 9.92. The number of anilines is 1. The number of hydrogen-bond acceptors (Lipinski definition) is 9. The van der Waals surface area contributed by atoms with Crippen LogP contribution in [0.3, 0.4) is 0 Å². The van der Waals surface area contributed by atoms with Crippen LogP contribution in [0.4, 0.5) is 10.5 Å². The van der Waals surface area contributed by atoms with Gasteiger partial charge in [-0.25, -0.2) is 4.79 Å². The van der Waals surface area contributed by atoms with Gasteiger partial charge >= 0.3 is 6.03 Å². The van der Waals surface area contributed by atoms with E-state index in [9.17, 15) is 29.2 Å². The molecule has 12 nitrogen and oxygen atoms in total. The Kier molecular flexibility index (Phi) is 12.4. The van der Waals surface area contributed by atoms with Crippen LogP contribution < -0.4 is 10.6 Å². The number of imide groups is 2. The summed E-state index contributed by atoms with van der Waals surface area (Å²) >= 11 is 7.26. The van der Waals surface area contributed by atoms with Crippen LogP contribution in [0, 0.1) is 17.2 Å². The predicted molar refractivity (Wildman–Crippen MR) is 207 cm³/mol. The molecular weight excluding hydrogens is 726 g/mol. The Morgan fingerprint density at radius 1 is 1.00 bits per heavy atom. The van der Waals surface area contributed by atoms with E-state index in [1.807, 2.05) is 44.2 Å². The third-order valence-electron chi connectivity index (χ3n) is 11.6. The molecule has 0 aromatic heterocycles. The summed E-state index contributed by atoms with van der Waals surface area (Å²) in [5.74, 6) is -0.596. The van der Waals surface area contributed by atoms with Gasteiger partial charge in [0.05, 0.1) is 23.0 Å². The monoisotopic (exact) mass is 775 g/mol. The van der Waals surface area contributed by atoms with Gasteiger partial charge in [0.1, 0.15) is 11.6 Å². The number of hydrogen-bond donors (Lipinski definition) is 2. The molecule has 1 unspecified atom stereocenters. The van der Waals surface area contributed by atoms with Crippen molar-refractivity contribution in [1.82, 2.24) is 24.3 Å². The van der Waals surface area contributed by atoms with Crippen molar-refractivity contribution in [3.8, 4) is 6.07 Å². The second kappa shape index (κ2) is 16.8. The van der Waals surface area contributed by atoms with Gasteiger partial charge in [0.2, 0.25) is 17.7 Å². The van der Waals surface area contributed by atoms with Crippen LogP contribution >= 0.6 is 23.5 Å². The number of carbonyl (C=O) groups is 5. The minimum Gasteiger partial charge on any atom is -0.325 e. The first-order valence-corrected chi connectivity index (χ1v) is 20.2. The SMILES string of the molecule is C[C@@H]1CN(CCCC2CCC(N3C(=O)N(Sc4ccc(C#N)c(Cl)c4)C(=O)C3(C)C)CC2)C[C@H](C)N1CC(=O)Nc1ccc(C2CCC(=O)NC2=O)cc1. The summed E-state index contributed by atoms with van der Waals surface area (Å²) in [6, 6.07) is 14.4. The van der Waals surface area contributed by atoms with Crippen molar-refractivity contribution in [3.63, 3.8) is 0 Å². The highest BCUT2D eigenvalue weighted by atomic mass is 35.5. The molecule has 14 heteroatoms. The first-order chi connectivity index (χ1) is 25.7. The number of urea groups is 1. The van der Waals surface area contributed by atoms with Crippen molar-refractivity contribution in [2.75, 3.05) is 31.5 Å². The Morgan fingerprint density at radius 3 is 2.31 bits per heavy atom. The van der Waals surface area contributed by atoms with Crippen molar-refractivity contribution in [2.24, 2.45) is 5.92 Å². The highest BCUT2D eigenvalue weighted by Crippen LogP contribution is 2.42. The fraction of sp³-hybridized carbons (Fsp3) is 0.550. The molecule has 3 atom stereocenters. The van der Waals surface area contributed by atoms with Gasteiger partial charge in [-0.3, -0.25) is 29.4 Å². The van der Waals surface area contributed by atoms with Gasteiger partial charge in [-0.05, 0) is 133 Å². The number of nitrogens with one attached hydrogen (secondary N) is 2. The molecule has 0 spiro atoms. The quantitative estimate of drug-likeness (QED) is 0.156. The van der Waals surface area contributed by atoms with Crippen molar-refractivity contribution in [2.45, 2.75) is 114 Å². The van der Waals surface area contributed by atoms with Crippen LogP contribution in [-0.4, -0.2) is 98.5 Å². The molecule has 3 heterocycles. The van der Waals surface area contributed by atoms with E-state index in [4.69, 9.17) is 11.6 Å². The van der Waals surface area contributed by atoms with E-state index in [0.29, 0.717) is 41.5 Å². The summed E-state index contributed by atoms with van der Waals surface area (Å²) in [6.07, 6.45) is 6.81. The number of piperazine rings is 1. The van der Waals surface area contributed by atoms with E-state index < -0.39 is 5.54 Å². The summed E-state index contributed by atoms with van der Waals surface area (Å²) in [4.78, 5) is 71.0. The molecule has 6 amide bonds. The zero-order chi connectivity index (χ0) is 38.7. The molecule has 2 N–H and O–H groups in total. The van der Waals surface area contributed by atoms with Crippen LogP contribution in [0.2, 0.25) is 5.02 Å². The van der Waals surface area contributed by atoms with Crippen LogP contribution in [0.25, 0.3) is 0 Å². The summed E-state index contributed by atoms with van der Waals surface area (Å²) < 4.78 is 1.24. The van der Waals surface area contributed by atoms with Crippen molar-refractivity contribution in [1.29, 1.82) is 5.26 Å². The molecule has 2 aromatic carbocycles. The molecule has 1 aliphatic carbocycles. The Bertz CT molecular complexity index is 1800. The zero-order valence-corrected chi connectivity index (χ0v) is 33.0. The third-order valence-corrected chi connectivity index (χ3v) is 12.8. The molecule has 54 heavy (non-hydrogen) atoms. The number of piperidine rings is 1. The van der Waals surface area contributed by atoms with E-state index >= 15 is 0 Å². The molecule has 0 bridgehead atoms. The number of amides is 6. The van der Waals surface area contributed by atoms with E-state index in [1.165, 1.54) is 4.31 Å². The second-order valence-corrected chi connectivity index (χ2v) is 17.2. The van der Waals surface area contributed by atoms with E-state index in [1.54, 1.807) is 23.1 Å². The minimum absolute atomic E-state index is 0.00651. The lowest BCUT2D eigenvalue weighted by Gasteiger charge is -2.44. The van der Waals surface area contributed by atoms with Crippen molar-refractivity contribution in [3.05, 3.63) is 58.6 Å². The maximum absolute atomic E-state index is 13.6. The first-order valence-electron chi connectivity index (χ1n) is 19.0. The van der Waals surface area contributed by atoms with E-state index in [0.717, 1.165) is 75.7 Å². The Hall–Kier alpha value is -3.96. The van der Waals surface area contributed by atoms with Gasteiger partial charge < -0.3 is 15.1 Å².